The molecular weight excluding hydrogens is 423 g/mol. The highest BCUT2D eigenvalue weighted by molar-refractivity contribution is 6.06. The predicted octanol–water partition coefficient (Wildman–Crippen LogP) is 3.99. The minimum Gasteiger partial charge on any atom is -0.322 e. The summed E-state index contributed by atoms with van der Waals surface area (Å²) >= 11 is 0. The van der Waals surface area contributed by atoms with Gasteiger partial charge in [-0.25, -0.2) is 9.67 Å². The van der Waals surface area contributed by atoms with E-state index in [9.17, 15) is 22.8 Å². The number of aliphatic imine (C=N–C) groups is 1. The van der Waals surface area contributed by atoms with Crippen LogP contribution in [0.3, 0.4) is 0 Å². The van der Waals surface area contributed by atoms with E-state index in [1.54, 1.807) is 12.1 Å². The molecule has 1 saturated carbocycles. The zero-order valence-electron chi connectivity index (χ0n) is 16.5. The Labute approximate surface area is 180 Å². The quantitative estimate of drug-likeness (QED) is 0.780. The van der Waals surface area contributed by atoms with Gasteiger partial charge in [0.05, 0.1) is 23.4 Å². The van der Waals surface area contributed by atoms with Crippen LogP contribution in [0.2, 0.25) is 0 Å². The van der Waals surface area contributed by atoms with Gasteiger partial charge in [0.2, 0.25) is 0 Å². The molecule has 1 unspecified atom stereocenters. The lowest BCUT2D eigenvalue weighted by molar-refractivity contribution is -0.143. The van der Waals surface area contributed by atoms with Crippen molar-refractivity contribution in [1.29, 1.82) is 0 Å². The van der Waals surface area contributed by atoms with Crippen molar-refractivity contribution < 1.29 is 22.8 Å². The maximum atomic E-state index is 14.1. The van der Waals surface area contributed by atoms with Crippen LogP contribution in [-0.2, 0) is 11.0 Å². The number of amides is 2. The number of pyridine rings is 1. The van der Waals surface area contributed by atoms with Crippen molar-refractivity contribution in [2.24, 2.45) is 10.9 Å². The third-order valence-electron chi connectivity index (χ3n) is 5.46. The summed E-state index contributed by atoms with van der Waals surface area (Å²) in [5, 5.41) is 6.38. The van der Waals surface area contributed by atoms with Crippen LogP contribution in [0.5, 0.6) is 0 Å². The van der Waals surface area contributed by atoms with Gasteiger partial charge < -0.3 is 5.32 Å². The van der Waals surface area contributed by atoms with Gasteiger partial charge >= 0.3 is 6.18 Å². The Balaban J connectivity index is 1.52. The number of carbonyl (C=O) groups excluding carboxylic acids is 2. The molecule has 32 heavy (non-hydrogen) atoms. The number of allylic oxidation sites excluding steroid dienone is 4. The summed E-state index contributed by atoms with van der Waals surface area (Å²) in [5.41, 5.74) is -0.285. The normalized spacial score (nSPS) is 20.0. The van der Waals surface area contributed by atoms with Gasteiger partial charge in [-0.3, -0.25) is 14.6 Å². The number of rotatable bonds is 4. The Hall–Kier alpha value is -3.82. The summed E-state index contributed by atoms with van der Waals surface area (Å²) in [5.74, 6) is -1.88. The first-order valence-corrected chi connectivity index (χ1v) is 9.93. The van der Waals surface area contributed by atoms with Gasteiger partial charge in [0.15, 0.2) is 5.69 Å². The van der Waals surface area contributed by atoms with Gasteiger partial charge in [0.25, 0.3) is 11.8 Å². The summed E-state index contributed by atoms with van der Waals surface area (Å²) in [4.78, 5) is 32.8. The smallest absolute Gasteiger partial charge is 0.322 e. The number of hydrogen-bond acceptors (Lipinski definition) is 4. The fourth-order valence-corrected chi connectivity index (χ4v) is 3.78. The van der Waals surface area contributed by atoms with E-state index in [0.717, 1.165) is 24.7 Å². The number of alkyl halides is 3. The number of dihydropyridines is 1. The van der Waals surface area contributed by atoms with Crippen molar-refractivity contribution >= 4 is 29.4 Å². The van der Waals surface area contributed by atoms with Crippen molar-refractivity contribution in [3.05, 3.63) is 71.4 Å². The minimum absolute atomic E-state index is 0.0586. The maximum Gasteiger partial charge on any atom is 0.434 e. The third-order valence-corrected chi connectivity index (χ3v) is 5.46. The molecule has 0 bridgehead atoms. The third kappa shape index (κ3) is 3.57. The summed E-state index contributed by atoms with van der Waals surface area (Å²) in [6.45, 7) is 0. The summed E-state index contributed by atoms with van der Waals surface area (Å²) in [6.07, 6.45) is 6.71. The van der Waals surface area contributed by atoms with Crippen LogP contribution in [0.15, 0.2) is 59.4 Å². The van der Waals surface area contributed by atoms with Crippen molar-refractivity contribution in [3.8, 4) is 0 Å². The highest BCUT2D eigenvalue weighted by Crippen LogP contribution is 2.40. The van der Waals surface area contributed by atoms with Gasteiger partial charge in [-0.15, -0.1) is 0 Å². The fraction of sp³-hybridized carbons (Fsp3) is 0.227. The monoisotopic (exact) mass is 439 g/mol. The van der Waals surface area contributed by atoms with E-state index in [1.807, 2.05) is 0 Å². The van der Waals surface area contributed by atoms with Crippen LogP contribution >= 0.6 is 0 Å². The fourth-order valence-electron chi connectivity index (χ4n) is 3.78. The Kier molecular flexibility index (Phi) is 4.65. The van der Waals surface area contributed by atoms with E-state index >= 15 is 0 Å². The lowest BCUT2D eigenvalue weighted by Crippen LogP contribution is -2.25. The lowest BCUT2D eigenvalue weighted by atomic mass is 9.89. The summed E-state index contributed by atoms with van der Waals surface area (Å²) in [7, 11) is 0. The van der Waals surface area contributed by atoms with Gasteiger partial charge in [-0.05, 0) is 42.7 Å². The first-order valence-electron chi connectivity index (χ1n) is 9.93. The lowest BCUT2D eigenvalue weighted by Gasteiger charge is -2.23. The molecule has 2 aromatic heterocycles. The molecule has 1 fully saturated rings. The highest BCUT2D eigenvalue weighted by Gasteiger charge is 2.42. The zero-order chi connectivity index (χ0) is 22.5. The number of anilines is 1. The van der Waals surface area contributed by atoms with E-state index in [4.69, 9.17) is 0 Å². The first-order chi connectivity index (χ1) is 15.3. The van der Waals surface area contributed by atoms with E-state index in [1.165, 1.54) is 36.7 Å². The molecule has 0 aromatic carbocycles. The Morgan fingerprint density at radius 1 is 1.22 bits per heavy atom. The van der Waals surface area contributed by atoms with E-state index in [2.05, 4.69) is 20.4 Å². The molecule has 10 heteroatoms. The average molecular weight is 439 g/mol. The van der Waals surface area contributed by atoms with Gasteiger partial charge in [-0.1, -0.05) is 12.2 Å². The molecule has 5 rings (SSSR count). The van der Waals surface area contributed by atoms with E-state index < -0.39 is 35.2 Å². The molecule has 2 aromatic rings. The second kappa shape index (κ2) is 7.40. The van der Waals surface area contributed by atoms with Crippen LogP contribution in [0.25, 0.3) is 5.70 Å². The zero-order valence-corrected chi connectivity index (χ0v) is 16.5. The Morgan fingerprint density at radius 3 is 2.78 bits per heavy atom. The molecule has 0 radical (unpaired) electrons. The van der Waals surface area contributed by atoms with Crippen molar-refractivity contribution in [2.45, 2.75) is 24.9 Å². The second-order valence-corrected chi connectivity index (χ2v) is 7.67. The van der Waals surface area contributed by atoms with E-state index in [0.29, 0.717) is 21.9 Å². The SMILES string of the molecule is O=C(Nc1ccnc(C2CC2)c1)c1cnn(C2=CC=CC3C(=O)N=CC=C23)c1C(F)(F)F. The number of hydrogen-bond donors (Lipinski definition) is 1. The summed E-state index contributed by atoms with van der Waals surface area (Å²) < 4.78 is 42.9. The summed E-state index contributed by atoms with van der Waals surface area (Å²) in [6, 6.07) is 3.20. The van der Waals surface area contributed by atoms with Gasteiger partial charge in [0.1, 0.15) is 0 Å². The maximum absolute atomic E-state index is 14.1. The van der Waals surface area contributed by atoms with Crippen LogP contribution in [-0.4, -0.2) is 32.8 Å². The average Bonchev–Trinajstić information content (AvgIpc) is 3.51. The molecule has 0 saturated heterocycles. The molecule has 162 valence electrons. The van der Waals surface area contributed by atoms with Crippen molar-refractivity contribution in [2.75, 3.05) is 5.32 Å². The van der Waals surface area contributed by atoms with E-state index in [-0.39, 0.29) is 5.70 Å². The number of nitrogens with one attached hydrogen (secondary N) is 1. The van der Waals surface area contributed by atoms with Crippen LogP contribution < -0.4 is 5.32 Å². The standard InChI is InChI=1S/C22H16F3N5O2/c23-22(24,25)19-16(21(32)29-13-6-8-26-17(10-13)12-4-5-12)11-28-30(19)18-3-1-2-15-14(18)7-9-27-20(15)31/h1-3,6-12,15H,4-5H2,(H,26,29,32). The van der Waals surface area contributed by atoms with Gasteiger partial charge in [0, 0.05) is 29.7 Å². The second-order valence-electron chi connectivity index (χ2n) is 7.67. The first kappa shape index (κ1) is 20.1. The molecular formula is C22H16F3N5O2. The van der Waals surface area contributed by atoms with Crippen LogP contribution in [0.1, 0.15) is 40.5 Å². The molecule has 2 amide bonds. The number of aromatic nitrogens is 3. The van der Waals surface area contributed by atoms with Crippen molar-refractivity contribution in [3.63, 3.8) is 0 Å². The molecule has 3 heterocycles. The largest absolute Gasteiger partial charge is 0.434 e. The number of nitrogens with zero attached hydrogens (tertiary/aromatic N) is 4. The molecule has 1 aliphatic heterocycles. The number of halogens is 3. The number of carbonyl (C=O) groups is 2. The van der Waals surface area contributed by atoms with Crippen molar-refractivity contribution in [1.82, 2.24) is 14.8 Å². The molecule has 0 spiro atoms. The molecule has 7 nitrogen and oxygen atoms in total. The molecule has 2 aliphatic carbocycles. The van der Waals surface area contributed by atoms with Crippen LogP contribution in [0.4, 0.5) is 18.9 Å². The Bertz CT molecular complexity index is 1250. The van der Waals surface area contributed by atoms with Gasteiger partial charge in [-0.2, -0.15) is 18.3 Å². The Morgan fingerprint density at radius 2 is 2.03 bits per heavy atom. The van der Waals surface area contributed by atoms with Crippen LogP contribution in [0, 0.1) is 5.92 Å². The molecule has 1 atom stereocenters. The number of fused-ring (bicyclic) bond motifs is 1. The topological polar surface area (TPSA) is 89.2 Å². The minimum atomic E-state index is -4.87. The highest BCUT2D eigenvalue weighted by atomic mass is 19.4. The molecule has 3 aliphatic rings. The molecule has 1 N–H and O–H groups in total. The predicted molar refractivity (Wildman–Crippen MR) is 110 cm³/mol.